The van der Waals surface area contributed by atoms with Gasteiger partial charge in [0.1, 0.15) is 0 Å². The number of nitrogens with one attached hydrogen (secondary N) is 1. The molecule has 8 nitrogen and oxygen atoms in total. The molecule has 1 N–H and O–H groups in total. The van der Waals surface area contributed by atoms with Crippen molar-refractivity contribution in [1.82, 2.24) is 19.7 Å². The van der Waals surface area contributed by atoms with Crippen LogP contribution in [0, 0.1) is 20.8 Å². The van der Waals surface area contributed by atoms with Crippen LogP contribution in [-0.4, -0.2) is 32.8 Å². The first-order valence-corrected chi connectivity index (χ1v) is 8.71. The largest absolute Gasteiger partial charge is 0.493 e. The van der Waals surface area contributed by atoms with Gasteiger partial charge in [-0.3, -0.25) is 4.79 Å². The van der Waals surface area contributed by atoms with E-state index < -0.39 is 5.91 Å². The molecule has 28 heavy (non-hydrogen) atoms. The number of amides is 1. The number of hydrogen-bond acceptors (Lipinski definition) is 6. The van der Waals surface area contributed by atoms with Crippen LogP contribution < -0.4 is 10.1 Å². The molecule has 8 heteroatoms. The molecule has 4 rings (SSSR count). The number of anilines is 1. The molecular weight excluding hydrogens is 358 g/mol. The highest BCUT2D eigenvalue weighted by molar-refractivity contribution is 6.04. The second-order valence-corrected chi connectivity index (χ2v) is 6.42. The molecule has 4 aromatic rings. The highest BCUT2D eigenvalue weighted by Gasteiger charge is 2.16. The molecule has 0 unspecified atom stereocenters. The van der Waals surface area contributed by atoms with E-state index in [0.29, 0.717) is 23.0 Å². The van der Waals surface area contributed by atoms with Crippen molar-refractivity contribution in [3.63, 3.8) is 0 Å². The number of aryl methyl sites for hydroxylation is 1. The van der Waals surface area contributed by atoms with Crippen molar-refractivity contribution >= 4 is 22.6 Å². The number of benzene rings is 1. The van der Waals surface area contributed by atoms with Crippen LogP contribution in [0.25, 0.3) is 16.9 Å². The normalized spacial score (nSPS) is 11.0. The summed E-state index contributed by atoms with van der Waals surface area (Å²) in [5.41, 5.74) is 3.99. The van der Waals surface area contributed by atoms with E-state index in [1.54, 1.807) is 23.9 Å². The van der Waals surface area contributed by atoms with Gasteiger partial charge in [-0.15, -0.1) is 0 Å². The zero-order valence-electron chi connectivity index (χ0n) is 16.0. The van der Waals surface area contributed by atoms with Crippen molar-refractivity contribution in [1.29, 1.82) is 0 Å². The summed E-state index contributed by atoms with van der Waals surface area (Å²) >= 11 is 0. The molecular formula is C20H19N5O3. The number of fused-ring (bicyclic) bond motifs is 1. The van der Waals surface area contributed by atoms with Crippen molar-refractivity contribution in [3.05, 3.63) is 59.4 Å². The fraction of sp³-hybridized carbons (Fsp3) is 0.200. The third-order valence-electron chi connectivity index (χ3n) is 4.69. The standard InChI is InChI=1S/C20H19N5O3/c1-11-12(2)24-25(13(11)3)20-21-9-15(10-22-20)23-19(26)17-8-14-6-5-7-16(27-4)18(14)28-17/h5-10H,1-4H3,(H,23,26). The Hall–Kier alpha value is -3.68. The maximum Gasteiger partial charge on any atom is 0.291 e. The van der Waals surface area contributed by atoms with E-state index in [4.69, 9.17) is 9.15 Å². The summed E-state index contributed by atoms with van der Waals surface area (Å²) < 4.78 is 12.6. The number of nitrogens with zero attached hydrogens (tertiary/aromatic N) is 4. The number of furan rings is 1. The third kappa shape index (κ3) is 2.98. The van der Waals surface area contributed by atoms with Crippen molar-refractivity contribution in [2.75, 3.05) is 12.4 Å². The predicted molar refractivity (Wildman–Crippen MR) is 104 cm³/mol. The van der Waals surface area contributed by atoms with Crippen molar-refractivity contribution < 1.29 is 13.9 Å². The zero-order chi connectivity index (χ0) is 19.8. The van der Waals surface area contributed by atoms with Gasteiger partial charge in [0.15, 0.2) is 17.1 Å². The molecule has 0 aliphatic carbocycles. The van der Waals surface area contributed by atoms with Crippen LogP contribution >= 0.6 is 0 Å². The van der Waals surface area contributed by atoms with E-state index in [2.05, 4.69) is 20.4 Å². The minimum atomic E-state index is -0.392. The topological polar surface area (TPSA) is 95.1 Å². The number of methoxy groups -OCH3 is 1. The van der Waals surface area contributed by atoms with Crippen LogP contribution in [0.1, 0.15) is 27.5 Å². The zero-order valence-corrected chi connectivity index (χ0v) is 16.0. The van der Waals surface area contributed by atoms with E-state index >= 15 is 0 Å². The second kappa shape index (κ2) is 6.80. The average Bonchev–Trinajstić information content (AvgIpc) is 3.25. The van der Waals surface area contributed by atoms with Gasteiger partial charge < -0.3 is 14.5 Å². The van der Waals surface area contributed by atoms with Gasteiger partial charge in [0.05, 0.1) is 30.9 Å². The molecule has 0 fully saturated rings. The number of rotatable bonds is 4. The summed E-state index contributed by atoms with van der Waals surface area (Å²) in [6, 6.07) is 7.14. The van der Waals surface area contributed by atoms with Crippen LogP contribution in [0.2, 0.25) is 0 Å². The summed E-state index contributed by atoms with van der Waals surface area (Å²) in [4.78, 5) is 21.1. The van der Waals surface area contributed by atoms with Gasteiger partial charge in [-0.25, -0.2) is 14.6 Å². The number of carbonyl (C=O) groups is 1. The molecule has 0 spiro atoms. The van der Waals surface area contributed by atoms with E-state index in [0.717, 1.165) is 22.3 Å². The maximum atomic E-state index is 12.5. The maximum absolute atomic E-state index is 12.5. The van der Waals surface area contributed by atoms with Gasteiger partial charge in [-0.1, -0.05) is 12.1 Å². The Labute approximate surface area is 161 Å². The molecule has 1 aromatic carbocycles. The third-order valence-corrected chi connectivity index (χ3v) is 4.69. The Bertz CT molecular complexity index is 1170. The van der Waals surface area contributed by atoms with E-state index in [1.807, 2.05) is 32.9 Å². The summed E-state index contributed by atoms with van der Waals surface area (Å²) in [5, 5.41) is 7.96. The van der Waals surface area contributed by atoms with Gasteiger partial charge in [0, 0.05) is 11.1 Å². The van der Waals surface area contributed by atoms with E-state index in [-0.39, 0.29) is 5.76 Å². The first kappa shape index (κ1) is 17.7. The lowest BCUT2D eigenvalue weighted by atomic mass is 10.2. The summed E-state index contributed by atoms with van der Waals surface area (Å²) in [6.45, 7) is 5.91. The average molecular weight is 377 g/mol. The molecule has 3 heterocycles. The molecule has 0 aliphatic heterocycles. The minimum absolute atomic E-state index is 0.178. The Kier molecular flexibility index (Phi) is 4.31. The molecule has 0 saturated heterocycles. The second-order valence-electron chi connectivity index (χ2n) is 6.42. The lowest BCUT2D eigenvalue weighted by Crippen LogP contribution is -2.12. The smallest absolute Gasteiger partial charge is 0.291 e. The Morgan fingerprint density at radius 3 is 2.57 bits per heavy atom. The van der Waals surface area contributed by atoms with Crippen LogP contribution in [0.3, 0.4) is 0 Å². The number of aromatic nitrogens is 4. The molecule has 0 radical (unpaired) electrons. The summed E-state index contributed by atoms with van der Waals surface area (Å²) in [5.74, 6) is 0.805. The highest BCUT2D eigenvalue weighted by Crippen LogP contribution is 2.28. The van der Waals surface area contributed by atoms with Gasteiger partial charge >= 0.3 is 0 Å². The molecule has 0 saturated carbocycles. The number of para-hydroxylation sites is 1. The number of ether oxygens (including phenoxy) is 1. The molecule has 0 aliphatic rings. The van der Waals surface area contributed by atoms with Crippen LogP contribution in [-0.2, 0) is 0 Å². The van der Waals surface area contributed by atoms with Crippen molar-refractivity contribution in [2.24, 2.45) is 0 Å². The van der Waals surface area contributed by atoms with E-state index in [9.17, 15) is 4.79 Å². The molecule has 0 bridgehead atoms. The Morgan fingerprint density at radius 2 is 1.93 bits per heavy atom. The Morgan fingerprint density at radius 1 is 1.18 bits per heavy atom. The predicted octanol–water partition coefficient (Wildman–Crippen LogP) is 3.59. The lowest BCUT2D eigenvalue weighted by molar-refractivity contribution is 0.0998. The monoisotopic (exact) mass is 377 g/mol. The fourth-order valence-corrected chi connectivity index (χ4v) is 2.91. The van der Waals surface area contributed by atoms with Gasteiger partial charge in [-0.05, 0) is 38.5 Å². The summed E-state index contributed by atoms with van der Waals surface area (Å²) in [6.07, 6.45) is 3.07. The number of carbonyl (C=O) groups excluding carboxylic acids is 1. The molecule has 3 aromatic heterocycles. The Balaban J connectivity index is 1.56. The molecule has 0 atom stereocenters. The molecule has 142 valence electrons. The number of hydrogen-bond donors (Lipinski definition) is 1. The first-order valence-electron chi connectivity index (χ1n) is 8.71. The van der Waals surface area contributed by atoms with Crippen LogP contribution in [0.15, 0.2) is 41.1 Å². The highest BCUT2D eigenvalue weighted by atomic mass is 16.5. The van der Waals surface area contributed by atoms with E-state index in [1.165, 1.54) is 12.4 Å². The fourth-order valence-electron chi connectivity index (χ4n) is 2.91. The lowest BCUT2D eigenvalue weighted by Gasteiger charge is -2.05. The quantitative estimate of drug-likeness (QED) is 0.584. The van der Waals surface area contributed by atoms with Crippen molar-refractivity contribution in [3.8, 4) is 11.7 Å². The van der Waals surface area contributed by atoms with Crippen LogP contribution in [0.4, 0.5) is 5.69 Å². The SMILES string of the molecule is COc1cccc2cc(C(=O)Nc3cnc(-n4nc(C)c(C)c4C)nc3)oc12. The minimum Gasteiger partial charge on any atom is -0.493 e. The van der Waals surface area contributed by atoms with Gasteiger partial charge in [-0.2, -0.15) is 5.10 Å². The van der Waals surface area contributed by atoms with Crippen LogP contribution in [0.5, 0.6) is 5.75 Å². The molecule has 1 amide bonds. The first-order chi connectivity index (χ1) is 13.5. The van der Waals surface area contributed by atoms with Crippen molar-refractivity contribution in [2.45, 2.75) is 20.8 Å². The summed E-state index contributed by atoms with van der Waals surface area (Å²) in [7, 11) is 1.56. The van der Waals surface area contributed by atoms with Gasteiger partial charge in [0.2, 0.25) is 0 Å². The van der Waals surface area contributed by atoms with Gasteiger partial charge in [0.25, 0.3) is 11.9 Å².